The number of benzene rings is 1. The summed E-state index contributed by atoms with van der Waals surface area (Å²) in [5.74, 6) is -0.184. The number of anilines is 1. The Balaban J connectivity index is 1.85. The molecule has 198 valence electrons. The van der Waals surface area contributed by atoms with E-state index >= 15 is 0 Å². The molecule has 1 amide bonds. The Labute approximate surface area is 211 Å². The van der Waals surface area contributed by atoms with Gasteiger partial charge in [-0.3, -0.25) is 10.0 Å². The highest BCUT2D eigenvalue weighted by molar-refractivity contribution is 7.91. The SMILES string of the molecule is CCC(C)Cc1c(C)c(C)c(N2CCN(S(=O)(=O)C3(C(=O)NO)CCN(C)CC3)CC2)c(C)c1C. The van der Waals surface area contributed by atoms with E-state index in [0.717, 1.165) is 12.8 Å². The van der Waals surface area contributed by atoms with Gasteiger partial charge in [0.2, 0.25) is 10.0 Å². The van der Waals surface area contributed by atoms with E-state index in [0.29, 0.717) is 45.2 Å². The Morgan fingerprint density at radius 2 is 1.49 bits per heavy atom. The van der Waals surface area contributed by atoms with Gasteiger partial charge in [-0.2, -0.15) is 4.31 Å². The number of rotatable bonds is 7. The van der Waals surface area contributed by atoms with E-state index in [9.17, 15) is 18.4 Å². The Kier molecular flexibility index (Phi) is 8.57. The second kappa shape index (κ2) is 10.7. The summed E-state index contributed by atoms with van der Waals surface area (Å²) in [6.07, 6.45) is 2.58. The van der Waals surface area contributed by atoms with E-state index in [1.807, 2.05) is 11.9 Å². The second-order valence-electron chi connectivity index (χ2n) is 10.7. The van der Waals surface area contributed by atoms with E-state index in [1.54, 1.807) is 5.48 Å². The number of piperazine rings is 1. The van der Waals surface area contributed by atoms with Crippen LogP contribution in [0.4, 0.5) is 5.69 Å². The first kappa shape index (κ1) is 27.9. The average molecular weight is 509 g/mol. The number of hydrogen-bond acceptors (Lipinski definition) is 6. The number of carbonyl (C=O) groups is 1. The van der Waals surface area contributed by atoms with Crippen molar-refractivity contribution in [2.45, 2.75) is 72.0 Å². The van der Waals surface area contributed by atoms with Crippen LogP contribution in [-0.4, -0.2) is 79.8 Å². The molecule has 1 atom stereocenters. The van der Waals surface area contributed by atoms with Crippen LogP contribution in [0.5, 0.6) is 0 Å². The molecule has 1 aromatic rings. The van der Waals surface area contributed by atoms with Gasteiger partial charge in [0.1, 0.15) is 0 Å². The summed E-state index contributed by atoms with van der Waals surface area (Å²) >= 11 is 0. The van der Waals surface area contributed by atoms with Crippen molar-refractivity contribution >= 4 is 21.6 Å². The van der Waals surface area contributed by atoms with Crippen LogP contribution < -0.4 is 10.4 Å². The van der Waals surface area contributed by atoms with Crippen molar-refractivity contribution in [3.05, 3.63) is 27.8 Å². The molecule has 2 saturated heterocycles. The topological polar surface area (TPSA) is 93.2 Å². The number of amides is 1. The lowest BCUT2D eigenvalue weighted by Gasteiger charge is -2.44. The van der Waals surface area contributed by atoms with Crippen LogP contribution in [0.2, 0.25) is 0 Å². The molecule has 0 bridgehead atoms. The molecule has 2 fully saturated rings. The van der Waals surface area contributed by atoms with Crippen LogP contribution in [-0.2, 0) is 21.2 Å². The smallest absolute Gasteiger partial charge is 0.266 e. The third-order valence-corrected chi connectivity index (χ3v) is 11.3. The van der Waals surface area contributed by atoms with Gasteiger partial charge in [-0.05, 0) is 101 Å². The second-order valence-corrected chi connectivity index (χ2v) is 12.9. The minimum atomic E-state index is -3.94. The molecule has 2 aliphatic heterocycles. The average Bonchev–Trinajstić information content (AvgIpc) is 2.85. The van der Waals surface area contributed by atoms with Gasteiger partial charge in [0, 0.05) is 31.9 Å². The fourth-order valence-electron chi connectivity index (χ4n) is 5.73. The lowest BCUT2D eigenvalue weighted by Crippen LogP contribution is -2.63. The van der Waals surface area contributed by atoms with Crippen molar-refractivity contribution < 1.29 is 18.4 Å². The van der Waals surface area contributed by atoms with Gasteiger partial charge in [0.05, 0.1) is 0 Å². The number of likely N-dealkylation sites (tertiary alicyclic amines) is 1. The highest BCUT2D eigenvalue weighted by atomic mass is 32.2. The monoisotopic (exact) mass is 508 g/mol. The summed E-state index contributed by atoms with van der Waals surface area (Å²) in [6, 6.07) is 0. The summed E-state index contributed by atoms with van der Waals surface area (Å²) in [7, 11) is -2.03. The van der Waals surface area contributed by atoms with Crippen LogP contribution >= 0.6 is 0 Å². The molecule has 2 N–H and O–H groups in total. The molecule has 1 unspecified atom stereocenters. The maximum atomic E-state index is 13.7. The molecule has 9 heteroatoms. The zero-order valence-electron chi connectivity index (χ0n) is 22.6. The minimum Gasteiger partial charge on any atom is -0.368 e. The van der Waals surface area contributed by atoms with E-state index in [4.69, 9.17) is 0 Å². The van der Waals surface area contributed by atoms with Crippen molar-refractivity contribution in [3.63, 3.8) is 0 Å². The largest absolute Gasteiger partial charge is 0.368 e. The first-order valence-corrected chi connectivity index (χ1v) is 14.3. The van der Waals surface area contributed by atoms with Crippen molar-refractivity contribution in [3.8, 4) is 0 Å². The standard InChI is InChI=1S/C26H44N4O4S/c1-8-18(2)17-23-19(3)21(5)24(22(6)20(23)4)29-13-15-30(16-14-29)35(33,34)26(25(31)27-32)9-11-28(7)12-10-26/h18,32H,8-17H2,1-7H3,(H,27,31). The Bertz CT molecular complexity index is 1010. The maximum absolute atomic E-state index is 13.7. The predicted octanol–water partition coefficient (Wildman–Crippen LogP) is 2.93. The first-order valence-electron chi connectivity index (χ1n) is 12.9. The van der Waals surface area contributed by atoms with Gasteiger partial charge in [-0.1, -0.05) is 20.3 Å². The van der Waals surface area contributed by atoms with Crippen molar-refractivity contribution in [1.82, 2.24) is 14.7 Å². The van der Waals surface area contributed by atoms with E-state index < -0.39 is 20.7 Å². The number of hydrogen-bond donors (Lipinski definition) is 2. The van der Waals surface area contributed by atoms with Gasteiger partial charge in [0.15, 0.2) is 4.75 Å². The van der Waals surface area contributed by atoms with E-state index in [-0.39, 0.29) is 12.8 Å². The molecule has 3 rings (SSSR count). The third-order valence-electron chi connectivity index (χ3n) is 8.69. The van der Waals surface area contributed by atoms with E-state index in [2.05, 4.69) is 46.4 Å². The number of nitrogens with one attached hydrogen (secondary N) is 1. The Morgan fingerprint density at radius 3 is 1.94 bits per heavy atom. The fourth-order valence-corrected chi connectivity index (χ4v) is 7.84. The Hall–Kier alpha value is -1.68. The van der Waals surface area contributed by atoms with Gasteiger partial charge in [0.25, 0.3) is 5.91 Å². The molecule has 0 aromatic heterocycles. The van der Waals surface area contributed by atoms with E-state index in [1.165, 1.54) is 37.8 Å². The predicted molar refractivity (Wildman–Crippen MR) is 141 cm³/mol. The van der Waals surface area contributed by atoms with Crippen LogP contribution in [0.1, 0.15) is 60.9 Å². The van der Waals surface area contributed by atoms with Gasteiger partial charge in [-0.15, -0.1) is 0 Å². The zero-order chi connectivity index (χ0) is 26.1. The molecule has 0 radical (unpaired) electrons. The highest BCUT2D eigenvalue weighted by Gasteiger charge is 2.54. The Morgan fingerprint density at radius 1 is 0.971 bits per heavy atom. The number of piperidine rings is 1. The summed E-state index contributed by atoms with van der Waals surface area (Å²) in [4.78, 5) is 17.0. The van der Waals surface area contributed by atoms with Gasteiger partial charge >= 0.3 is 0 Å². The van der Waals surface area contributed by atoms with Crippen molar-refractivity contribution in [2.75, 3.05) is 51.2 Å². The van der Waals surface area contributed by atoms with Crippen molar-refractivity contribution in [1.29, 1.82) is 0 Å². The third kappa shape index (κ3) is 4.97. The minimum absolute atomic E-state index is 0.173. The first-order chi connectivity index (χ1) is 16.4. The molecule has 35 heavy (non-hydrogen) atoms. The molecule has 8 nitrogen and oxygen atoms in total. The summed E-state index contributed by atoms with van der Waals surface area (Å²) in [5.41, 5.74) is 9.52. The summed E-state index contributed by atoms with van der Waals surface area (Å²) in [5, 5.41) is 9.37. The number of sulfonamides is 1. The maximum Gasteiger partial charge on any atom is 0.266 e. The highest BCUT2D eigenvalue weighted by Crippen LogP contribution is 2.37. The lowest BCUT2D eigenvalue weighted by atomic mass is 9.86. The lowest BCUT2D eigenvalue weighted by molar-refractivity contribution is -0.133. The van der Waals surface area contributed by atoms with Gasteiger partial charge < -0.3 is 9.80 Å². The van der Waals surface area contributed by atoms with Crippen LogP contribution in [0.3, 0.4) is 0 Å². The quantitative estimate of drug-likeness (QED) is 0.435. The molecule has 0 saturated carbocycles. The number of nitrogens with zero attached hydrogens (tertiary/aromatic N) is 3. The fraction of sp³-hybridized carbons (Fsp3) is 0.731. The van der Waals surface area contributed by atoms with Crippen molar-refractivity contribution in [2.24, 2.45) is 5.92 Å². The molecular formula is C26H44N4O4S. The van der Waals surface area contributed by atoms with Crippen LogP contribution in [0, 0.1) is 33.6 Å². The summed E-state index contributed by atoms with van der Waals surface area (Å²) in [6.45, 7) is 16.1. The molecule has 1 aromatic carbocycles. The zero-order valence-corrected chi connectivity index (χ0v) is 23.4. The molecule has 2 aliphatic rings. The van der Waals surface area contributed by atoms with Crippen LogP contribution in [0.15, 0.2) is 0 Å². The number of carbonyl (C=O) groups excluding carboxylic acids is 1. The summed E-state index contributed by atoms with van der Waals surface area (Å²) < 4.78 is 27.3. The number of hydroxylamine groups is 1. The molecule has 0 aliphatic carbocycles. The normalized spacial score (nSPS) is 20.6. The molecule has 0 spiro atoms. The van der Waals surface area contributed by atoms with Crippen LogP contribution in [0.25, 0.3) is 0 Å². The van der Waals surface area contributed by atoms with Gasteiger partial charge in [-0.25, -0.2) is 13.9 Å². The molecule has 2 heterocycles. The molecular weight excluding hydrogens is 464 g/mol.